The molecule has 9 nitrogen and oxygen atoms in total. The van der Waals surface area contributed by atoms with Crippen LogP contribution in [0.1, 0.15) is 26.5 Å². The molecule has 4 rings (SSSR count). The number of carbonyl (C=O) groups excluding carboxylic acids is 2. The summed E-state index contributed by atoms with van der Waals surface area (Å²) in [6, 6.07) is 17.9. The maximum Gasteiger partial charge on any atom is 0.292 e. The van der Waals surface area contributed by atoms with E-state index in [0.717, 1.165) is 0 Å². The van der Waals surface area contributed by atoms with Crippen LogP contribution in [0.4, 0.5) is 5.82 Å². The fourth-order valence-electron chi connectivity index (χ4n) is 3.53. The number of hydrogen-bond donors (Lipinski definition) is 4. The molecule has 0 saturated heterocycles. The number of rotatable bonds is 7. The van der Waals surface area contributed by atoms with Crippen LogP contribution < -0.4 is 16.4 Å². The van der Waals surface area contributed by atoms with Crippen LogP contribution >= 0.6 is 24.0 Å². The number of carbonyl (C=O) groups is 2. The third kappa shape index (κ3) is 6.08. The van der Waals surface area contributed by atoms with Crippen LogP contribution in [0.25, 0.3) is 22.4 Å². The number of phenols is 1. The van der Waals surface area contributed by atoms with E-state index in [-0.39, 0.29) is 46.9 Å². The number of phenolic OH excluding ortho intramolecular Hbond substituents is 1. The summed E-state index contributed by atoms with van der Waals surface area (Å²) < 4.78 is 5.15. The molecule has 0 aliphatic rings. The van der Waals surface area contributed by atoms with E-state index in [9.17, 15) is 20.0 Å². The zero-order valence-corrected chi connectivity index (χ0v) is 20.8. The maximum absolute atomic E-state index is 12.7. The lowest BCUT2D eigenvalue weighted by Gasteiger charge is -2.14. The van der Waals surface area contributed by atoms with Gasteiger partial charge in [-0.3, -0.25) is 9.59 Å². The first-order valence-electron chi connectivity index (χ1n) is 10.8. The van der Waals surface area contributed by atoms with Crippen molar-refractivity contribution in [1.29, 1.82) is 5.26 Å². The molecule has 11 heteroatoms. The lowest BCUT2D eigenvalue weighted by Crippen LogP contribution is -2.28. The Morgan fingerprint density at radius 3 is 2.57 bits per heavy atom. The first kappa shape index (κ1) is 27.2. The second-order valence-corrected chi connectivity index (χ2v) is 8.05. The number of amides is 2. The Hall–Kier alpha value is -4.36. The molecule has 2 heterocycles. The van der Waals surface area contributed by atoms with Crippen LogP contribution in [0.3, 0.4) is 0 Å². The number of aromatic nitrogens is 1. The summed E-state index contributed by atoms with van der Waals surface area (Å²) in [6.07, 6.45) is 1.35. The Kier molecular flexibility index (Phi) is 8.87. The van der Waals surface area contributed by atoms with Gasteiger partial charge in [0.05, 0.1) is 12.0 Å². The number of nitriles is 1. The molecule has 0 bridgehead atoms. The van der Waals surface area contributed by atoms with E-state index in [2.05, 4.69) is 21.7 Å². The van der Waals surface area contributed by atoms with Crippen molar-refractivity contribution in [3.05, 3.63) is 88.8 Å². The number of halogens is 2. The van der Waals surface area contributed by atoms with Crippen molar-refractivity contribution in [2.24, 2.45) is 5.73 Å². The van der Waals surface area contributed by atoms with Gasteiger partial charge in [-0.2, -0.15) is 5.26 Å². The summed E-state index contributed by atoms with van der Waals surface area (Å²) in [7, 11) is 0. The zero-order valence-electron chi connectivity index (χ0n) is 19.2. The van der Waals surface area contributed by atoms with Crippen LogP contribution in [0.5, 0.6) is 5.75 Å². The molecule has 0 aliphatic carbocycles. The van der Waals surface area contributed by atoms with E-state index in [1.165, 1.54) is 18.4 Å². The predicted molar refractivity (Wildman–Crippen MR) is 142 cm³/mol. The molecule has 0 radical (unpaired) electrons. The first-order valence-corrected chi connectivity index (χ1v) is 11.2. The molecular formula is C26H21Cl2N5O4. The highest BCUT2D eigenvalue weighted by Crippen LogP contribution is 2.36. The highest BCUT2D eigenvalue weighted by atomic mass is 35.5. The van der Waals surface area contributed by atoms with Gasteiger partial charge < -0.3 is 25.9 Å². The van der Waals surface area contributed by atoms with Gasteiger partial charge in [0.25, 0.3) is 11.8 Å². The van der Waals surface area contributed by atoms with Gasteiger partial charge in [0.1, 0.15) is 17.4 Å². The maximum atomic E-state index is 12.7. The van der Waals surface area contributed by atoms with E-state index in [1.54, 1.807) is 48.5 Å². The summed E-state index contributed by atoms with van der Waals surface area (Å²) in [5.41, 5.74) is 7.41. The Balaban J connectivity index is 0.00000380. The third-order valence-electron chi connectivity index (χ3n) is 5.21. The monoisotopic (exact) mass is 537 g/mol. The Morgan fingerprint density at radius 2 is 1.89 bits per heavy atom. The minimum atomic E-state index is -0.609. The molecule has 5 N–H and O–H groups in total. The van der Waals surface area contributed by atoms with Crippen LogP contribution in [0, 0.1) is 11.3 Å². The number of nitrogens with one attached hydrogen (secondary N) is 2. The highest BCUT2D eigenvalue weighted by Gasteiger charge is 2.20. The van der Waals surface area contributed by atoms with Crippen LogP contribution in [-0.4, -0.2) is 35.0 Å². The highest BCUT2D eigenvalue weighted by molar-refractivity contribution is 6.30. The number of nitrogens with two attached hydrogens (primary N) is 1. The lowest BCUT2D eigenvalue weighted by atomic mass is 9.96. The summed E-state index contributed by atoms with van der Waals surface area (Å²) in [5, 5.41) is 26.2. The molecule has 2 amide bonds. The molecule has 0 aliphatic heterocycles. The first-order chi connectivity index (χ1) is 17.4. The van der Waals surface area contributed by atoms with Crippen molar-refractivity contribution in [2.75, 3.05) is 18.4 Å². The minimum Gasteiger partial charge on any atom is -0.507 e. The molecule has 2 aromatic carbocycles. The van der Waals surface area contributed by atoms with Crippen molar-refractivity contribution in [2.45, 2.75) is 0 Å². The summed E-state index contributed by atoms with van der Waals surface area (Å²) >= 11 is 5.98. The number of pyridine rings is 1. The summed E-state index contributed by atoms with van der Waals surface area (Å²) in [6.45, 7) is 0.603. The van der Waals surface area contributed by atoms with Crippen molar-refractivity contribution in [3.8, 4) is 34.2 Å². The standard InChI is InChI=1S/C26H20ClN5O4.ClH/c27-17-6-7-18(22(33)12-17)21-13-19(15-3-1-4-16(11-15)25(34)30-9-8-28)20(14-29)24(31-21)32-26(35)23-5-2-10-36-23;/h1-7,10-13,33H,8-9,28H2,(H,30,34)(H,31,32,35);1H. The topological polar surface area (TPSA) is 154 Å². The van der Waals surface area contributed by atoms with Crippen molar-refractivity contribution in [1.82, 2.24) is 10.3 Å². The van der Waals surface area contributed by atoms with Crippen LogP contribution in [0.15, 0.2) is 71.3 Å². The molecule has 0 saturated carbocycles. The van der Waals surface area contributed by atoms with E-state index in [4.69, 9.17) is 21.8 Å². The van der Waals surface area contributed by atoms with Gasteiger partial charge in [-0.1, -0.05) is 23.7 Å². The fourth-order valence-corrected chi connectivity index (χ4v) is 3.69. The van der Waals surface area contributed by atoms with Gasteiger partial charge in [0.2, 0.25) is 0 Å². The second kappa shape index (κ2) is 12.1. The van der Waals surface area contributed by atoms with E-state index in [0.29, 0.717) is 40.4 Å². The number of furan rings is 1. The molecule has 0 spiro atoms. The van der Waals surface area contributed by atoms with Gasteiger partial charge in [-0.15, -0.1) is 12.4 Å². The quantitative estimate of drug-likeness (QED) is 0.268. The number of nitrogens with zero attached hydrogens (tertiary/aromatic N) is 2. The number of anilines is 1. The third-order valence-corrected chi connectivity index (χ3v) is 5.44. The number of benzene rings is 2. The predicted octanol–water partition coefficient (Wildman–Crippen LogP) is 4.60. The lowest BCUT2D eigenvalue weighted by molar-refractivity contribution is 0.0953. The molecule has 0 fully saturated rings. The number of aromatic hydroxyl groups is 1. The SMILES string of the molecule is Cl.N#Cc1c(-c2cccc(C(=O)NCCN)c2)cc(-c2ccc(Cl)cc2O)nc1NC(=O)c1ccco1. The van der Waals surface area contributed by atoms with Gasteiger partial charge in [0, 0.05) is 34.8 Å². The van der Waals surface area contributed by atoms with Gasteiger partial charge in [-0.25, -0.2) is 4.98 Å². The summed E-state index contributed by atoms with van der Waals surface area (Å²) in [5.74, 6) is -1.08. The molecule has 4 aromatic rings. The smallest absolute Gasteiger partial charge is 0.292 e. The van der Waals surface area contributed by atoms with E-state index >= 15 is 0 Å². The van der Waals surface area contributed by atoms with Gasteiger partial charge in [-0.05, 0) is 54.1 Å². The van der Waals surface area contributed by atoms with Crippen molar-refractivity contribution < 1.29 is 19.1 Å². The summed E-state index contributed by atoms with van der Waals surface area (Å²) in [4.78, 5) is 29.6. The molecule has 0 unspecified atom stereocenters. The van der Waals surface area contributed by atoms with Crippen LogP contribution in [0.2, 0.25) is 5.02 Å². The van der Waals surface area contributed by atoms with Gasteiger partial charge >= 0.3 is 0 Å². The normalized spacial score (nSPS) is 10.2. The molecule has 37 heavy (non-hydrogen) atoms. The van der Waals surface area contributed by atoms with Crippen LogP contribution in [-0.2, 0) is 0 Å². The van der Waals surface area contributed by atoms with Crippen molar-refractivity contribution >= 4 is 41.6 Å². The van der Waals surface area contributed by atoms with E-state index < -0.39 is 5.91 Å². The molecule has 2 aromatic heterocycles. The largest absolute Gasteiger partial charge is 0.507 e. The average Bonchev–Trinajstić information content (AvgIpc) is 3.42. The zero-order chi connectivity index (χ0) is 25.7. The Bertz CT molecular complexity index is 1480. The molecule has 188 valence electrons. The minimum absolute atomic E-state index is 0. The molecule has 0 atom stereocenters. The van der Waals surface area contributed by atoms with Gasteiger partial charge in [0.15, 0.2) is 11.6 Å². The Labute approximate surface area is 223 Å². The molecular weight excluding hydrogens is 517 g/mol. The Morgan fingerprint density at radius 1 is 1.08 bits per heavy atom. The van der Waals surface area contributed by atoms with Crippen molar-refractivity contribution in [3.63, 3.8) is 0 Å². The second-order valence-electron chi connectivity index (χ2n) is 7.61. The van der Waals surface area contributed by atoms with E-state index in [1.807, 2.05) is 0 Å². The fraction of sp³-hybridized carbons (Fsp3) is 0.0769. The average molecular weight is 538 g/mol. The number of hydrogen-bond acceptors (Lipinski definition) is 7.